The van der Waals surface area contributed by atoms with Crippen LogP contribution < -0.4 is 0 Å². The van der Waals surface area contributed by atoms with E-state index in [0.717, 1.165) is 11.8 Å². The van der Waals surface area contributed by atoms with Crippen LogP contribution in [0.1, 0.15) is 35.4 Å². The van der Waals surface area contributed by atoms with Gasteiger partial charge in [0.15, 0.2) is 9.84 Å². The number of hydrogen-bond acceptors (Lipinski definition) is 6. The van der Waals surface area contributed by atoms with E-state index in [2.05, 4.69) is 9.97 Å². The highest BCUT2D eigenvalue weighted by atomic mass is 32.2. The molecule has 8 heteroatoms. The fourth-order valence-corrected chi connectivity index (χ4v) is 3.91. The minimum atomic E-state index is -3.34. The zero-order valence-corrected chi connectivity index (χ0v) is 18.8. The summed E-state index contributed by atoms with van der Waals surface area (Å²) in [5.41, 5.74) is 2.71. The van der Waals surface area contributed by atoms with Crippen LogP contribution in [0.5, 0.6) is 0 Å². The quantitative estimate of drug-likeness (QED) is 0.462. The molecule has 0 saturated carbocycles. The number of ether oxygens (including phenoxy) is 1. The first-order valence-corrected chi connectivity index (χ1v) is 12.1. The summed E-state index contributed by atoms with van der Waals surface area (Å²) < 4.78 is 42.2. The normalized spacial score (nSPS) is 12.5. The predicted molar refractivity (Wildman–Crippen MR) is 118 cm³/mol. The molecule has 1 unspecified atom stereocenters. The summed E-state index contributed by atoms with van der Waals surface area (Å²) in [4.78, 5) is 22.0. The molecule has 1 atom stereocenters. The number of aromatic nitrogens is 2. The Kier molecular flexibility index (Phi) is 7.82. The van der Waals surface area contributed by atoms with Gasteiger partial charge in [0.2, 0.25) is 0 Å². The Bertz CT molecular complexity index is 1150. The van der Waals surface area contributed by atoms with Crippen molar-refractivity contribution >= 4 is 15.6 Å². The number of carbonyl (C=O) groups is 1. The van der Waals surface area contributed by atoms with E-state index in [0.29, 0.717) is 36.6 Å². The molecule has 168 valence electrons. The molecule has 1 aromatic heterocycles. The molecule has 3 aromatic rings. The molecule has 0 spiro atoms. The molecule has 3 rings (SSSR count). The number of benzene rings is 2. The van der Waals surface area contributed by atoms with E-state index in [9.17, 15) is 17.6 Å². The minimum Gasteiger partial charge on any atom is -0.375 e. The van der Waals surface area contributed by atoms with Crippen molar-refractivity contribution in [3.63, 3.8) is 0 Å². The summed E-state index contributed by atoms with van der Waals surface area (Å²) in [6.45, 7) is 2.83. The predicted octanol–water partition coefficient (Wildman–Crippen LogP) is 3.69. The van der Waals surface area contributed by atoms with Crippen molar-refractivity contribution in [2.75, 3.05) is 12.9 Å². The lowest BCUT2D eigenvalue weighted by Gasteiger charge is -2.17. The van der Waals surface area contributed by atoms with Crippen LogP contribution in [0.25, 0.3) is 0 Å². The van der Waals surface area contributed by atoms with E-state index < -0.39 is 15.8 Å². The number of rotatable bonds is 10. The third-order valence-electron chi connectivity index (χ3n) is 5.02. The second kappa shape index (κ2) is 10.6. The highest BCUT2D eigenvalue weighted by Crippen LogP contribution is 2.25. The van der Waals surface area contributed by atoms with Crippen LogP contribution in [0.2, 0.25) is 0 Å². The molecule has 0 saturated heterocycles. The van der Waals surface area contributed by atoms with Gasteiger partial charge in [0, 0.05) is 25.0 Å². The Labute approximate surface area is 187 Å². The second-order valence-corrected chi connectivity index (χ2v) is 9.52. The summed E-state index contributed by atoms with van der Waals surface area (Å²) in [6.07, 6.45) is 4.72. The Hall–Kier alpha value is -2.97. The van der Waals surface area contributed by atoms with Crippen molar-refractivity contribution in [3.8, 4) is 0 Å². The number of hydrogen-bond donors (Lipinski definition) is 0. The fourth-order valence-electron chi connectivity index (χ4n) is 3.28. The standard InChI is InChI=1S/C24H25FN2O4S/c1-3-31-16-21-15-26-20(14-27-21)13-24(28)23(12-17-4-8-19(25)9-5-17)18-6-10-22(11-7-18)32(2,29)30/h4-11,14-15,23H,3,12-13,16H2,1-2H3. The number of nitrogens with zero attached hydrogens (tertiary/aromatic N) is 2. The van der Waals surface area contributed by atoms with Gasteiger partial charge in [-0.05, 0) is 48.7 Å². The lowest BCUT2D eigenvalue weighted by atomic mass is 9.86. The fraction of sp³-hybridized carbons (Fsp3) is 0.292. The average Bonchev–Trinajstić information content (AvgIpc) is 2.77. The number of sulfone groups is 1. The molecule has 0 radical (unpaired) electrons. The summed E-state index contributed by atoms with van der Waals surface area (Å²) in [7, 11) is -3.34. The van der Waals surface area contributed by atoms with Gasteiger partial charge in [-0.15, -0.1) is 0 Å². The molecule has 0 fully saturated rings. The number of halogens is 1. The van der Waals surface area contributed by atoms with Crippen LogP contribution in [0.4, 0.5) is 4.39 Å². The number of Topliss-reactive ketones (excluding diaryl/α,β-unsaturated/α-hetero) is 1. The molecule has 0 aliphatic rings. The SMILES string of the molecule is CCOCc1cnc(CC(=O)C(Cc2ccc(F)cc2)c2ccc(S(C)(=O)=O)cc2)cn1. The Morgan fingerprint density at radius 2 is 1.62 bits per heavy atom. The zero-order chi connectivity index (χ0) is 23.1. The Balaban J connectivity index is 1.84. The van der Waals surface area contributed by atoms with Crippen LogP contribution >= 0.6 is 0 Å². The Morgan fingerprint density at radius 1 is 1.00 bits per heavy atom. The van der Waals surface area contributed by atoms with Gasteiger partial charge in [-0.2, -0.15) is 0 Å². The molecular formula is C24H25FN2O4S. The highest BCUT2D eigenvalue weighted by Gasteiger charge is 2.23. The van der Waals surface area contributed by atoms with E-state index in [1.54, 1.807) is 36.7 Å². The molecule has 1 heterocycles. The van der Waals surface area contributed by atoms with Crippen molar-refractivity contribution in [3.05, 3.63) is 89.3 Å². The summed E-state index contributed by atoms with van der Waals surface area (Å²) in [6, 6.07) is 12.3. The van der Waals surface area contributed by atoms with Gasteiger partial charge in [0.25, 0.3) is 0 Å². The van der Waals surface area contributed by atoms with E-state index >= 15 is 0 Å². The van der Waals surface area contributed by atoms with Gasteiger partial charge in [-0.1, -0.05) is 24.3 Å². The molecule has 0 aliphatic heterocycles. The average molecular weight is 457 g/mol. The van der Waals surface area contributed by atoms with Crippen LogP contribution in [0, 0.1) is 5.82 Å². The van der Waals surface area contributed by atoms with Gasteiger partial charge in [-0.3, -0.25) is 14.8 Å². The molecule has 0 bridgehead atoms. The van der Waals surface area contributed by atoms with Crippen molar-refractivity contribution in [1.29, 1.82) is 0 Å². The van der Waals surface area contributed by atoms with Crippen LogP contribution in [-0.2, 0) is 38.8 Å². The van der Waals surface area contributed by atoms with Gasteiger partial charge < -0.3 is 4.74 Å². The maximum absolute atomic E-state index is 13.3. The van der Waals surface area contributed by atoms with Gasteiger partial charge in [-0.25, -0.2) is 12.8 Å². The van der Waals surface area contributed by atoms with Crippen LogP contribution in [-0.4, -0.2) is 37.0 Å². The lowest BCUT2D eigenvalue weighted by molar-refractivity contribution is -0.119. The topological polar surface area (TPSA) is 86.2 Å². The van der Waals surface area contributed by atoms with Crippen molar-refractivity contribution < 1.29 is 22.3 Å². The molecule has 2 aromatic carbocycles. The first-order chi connectivity index (χ1) is 15.3. The maximum atomic E-state index is 13.3. The smallest absolute Gasteiger partial charge is 0.175 e. The van der Waals surface area contributed by atoms with Crippen LogP contribution in [0.15, 0.2) is 65.8 Å². The largest absolute Gasteiger partial charge is 0.375 e. The third kappa shape index (κ3) is 6.51. The highest BCUT2D eigenvalue weighted by molar-refractivity contribution is 7.90. The Morgan fingerprint density at radius 3 is 2.19 bits per heavy atom. The minimum absolute atomic E-state index is 0.0710. The summed E-state index contributed by atoms with van der Waals surface area (Å²) >= 11 is 0. The van der Waals surface area contributed by atoms with E-state index in [-0.39, 0.29) is 22.9 Å². The zero-order valence-electron chi connectivity index (χ0n) is 18.0. The lowest BCUT2D eigenvalue weighted by Crippen LogP contribution is -2.18. The van der Waals surface area contributed by atoms with Crippen LogP contribution in [0.3, 0.4) is 0 Å². The molecule has 0 amide bonds. The molecule has 6 nitrogen and oxygen atoms in total. The third-order valence-corrected chi connectivity index (χ3v) is 6.15. The first-order valence-electron chi connectivity index (χ1n) is 10.2. The second-order valence-electron chi connectivity index (χ2n) is 7.50. The summed E-state index contributed by atoms with van der Waals surface area (Å²) in [5.74, 6) is -0.983. The van der Waals surface area contributed by atoms with Crippen molar-refractivity contribution in [1.82, 2.24) is 9.97 Å². The van der Waals surface area contributed by atoms with E-state index in [4.69, 9.17) is 4.74 Å². The van der Waals surface area contributed by atoms with Gasteiger partial charge >= 0.3 is 0 Å². The molecular weight excluding hydrogens is 431 g/mol. The van der Waals surface area contributed by atoms with E-state index in [1.807, 2.05) is 6.92 Å². The van der Waals surface area contributed by atoms with Gasteiger partial charge in [0.05, 0.1) is 35.5 Å². The van der Waals surface area contributed by atoms with Gasteiger partial charge in [0.1, 0.15) is 11.6 Å². The molecule has 0 N–H and O–H groups in total. The first kappa shape index (κ1) is 23.7. The van der Waals surface area contributed by atoms with E-state index in [1.165, 1.54) is 24.3 Å². The molecule has 32 heavy (non-hydrogen) atoms. The summed E-state index contributed by atoms with van der Waals surface area (Å²) in [5, 5.41) is 0. The number of ketones is 1. The monoisotopic (exact) mass is 456 g/mol. The number of carbonyl (C=O) groups excluding carboxylic acids is 1. The van der Waals surface area contributed by atoms with Crippen molar-refractivity contribution in [2.45, 2.75) is 37.2 Å². The molecule has 0 aliphatic carbocycles. The van der Waals surface area contributed by atoms with Crippen molar-refractivity contribution in [2.24, 2.45) is 0 Å². The maximum Gasteiger partial charge on any atom is 0.175 e.